The van der Waals surface area contributed by atoms with Gasteiger partial charge in [0.2, 0.25) is 0 Å². The monoisotopic (exact) mass is 585 g/mol. The van der Waals surface area contributed by atoms with Gasteiger partial charge < -0.3 is 0 Å². The number of hydrogen-bond donors (Lipinski definition) is 0. The third kappa shape index (κ3) is 3.00. The van der Waals surface area contributed by atoms with Crippen molar-refractivity contribution in [1.82, 2.24) is 0 Å². The van der Waals surface area contributed by atoms with Crippen LogP contribution < -0.4 is 4.90 Å². The number of benzene rings is 3. The molecule has 0 unspecified atom stereocenters. The first-order valence-electron chi connectivity index (χ1n) is 11.8. The Morgan fingerprint density at radius 2 is 1.56 bits per heavy atom. The van der Waals surface area contributed by atoms with Gasteiger partial charge in [-0.25, -0.2) is 0 Å². The van der Waals surface area contributed by atoms with Crippen molar-refractivity contribution in [2.45, 2.75) is 19.3 Å². The summed E-state index contributed by atoms with van der Waals surface area (Å²) in [4.78, 5) is 28.7. The van der Waals surface area contributed by atoms with Gasteiger partial charge in [0.1, 0.15) is 0 Å². The van der Waals surface area contributed by atoms with E-state index in [1.54, 1.807) is 6.08 Å². The molecule has 0 bridgehead atoms. The molecule has 3 aromatic carbocycles. The molecule has 3 heterocycles. The predicted molar refractivity (Wildman–Crippen MR) is 143 cm³/mol. The Balaban J connectivity index is 1.39. The van der Waals surface area contributed by atoms with Crippen molar-refractivity contribution in [3.8, 4) is 0 Å². The van der Waals surface area contributed by atoms with Crippen molar-refractivity contribution in [1.29, 1.82) is 0 Å². The second kappa shape index (κ2) is 7.67. The molecule has 5 heteroatoms. The van der Waals surface area contributed by atoms with E-state index in [9.17, 15) is 9.59 Å². The summed E-state index contributed by atoms with van der Waals surface area (Å²) in [5.41, 5.74) is 5.12. The summed E-state index contributed by atoms with van der Waals surface area (Å²) in [6.45, 7) is 4.36. The summed E-state index contributed by atoms with van der Waals surface area (Å²) in [7, 11) is 0. The van der Waals surface area contributed by atoms with Crippen molar-refractivity contribution >= 4 is 64.1 Å². The summed E-state index contributed by atoms with van der Waals surface area (Å²) < 4.78 is 9.84. The molecule has 0 radical (unpaired) electrons. The number of fused-ring (bicyclic) bond motifs is 4. The Hall–Kier alpha value is -3.65. The van der Waals surface area contributed by atoms with Crippen molar-refractivity contribution in [3.63, 3.8) is 0 Å². The number of anilines is 3. The molecule has 0 fully saturated rings. The SMILES string of the molecule is CC1(C)c2ccccc2N(c2ccccc2)c2oc(/C=C3/C(=O)c4cc5cc[te]c5cc4C3=O)cc21. The van der Waals surface area contributed by atoms with Crippen LogP contribution >= 0.6 is 0 Å². The normalized spacial score (nSPS) is 16.9. The summed E-state index contributed by atoms with van der Waals surface area (Å²) in [6.07, 6.45) is 1.63. The maximum atomic E-state index is 13.3. The van der Waals surface area contributed by atoms with Crippen LogP contribution in [0.2, 0.25) is 0 Å². The van der Waals surface area contributed by atoms with E-state index in [4.69, 9.17) is 4.42 Å². The molecular formula is C31H21NO3Te. The van der Waals surface area contributed by atoms with Gasteiger partial charge in [0.15, 0.2) is 0 Å². The van der Waals surface area contributed by atoms with Crippen molar-refractivity contribution in [2.75, 3.05) is 4.90 Å². The van der Waals surface area contributed by atoms with Crippen molar-refractivity contribution < 1.29 is 14.0 Å². The number of rotatable bonds is 2. The van der Waals surface area contributed by atoms with Crippen LogP contribution in [0.25, 0.3) is 14.9 Å². The first kappa shape index (κ1) is 21.6. The molecule has 1 aliphatic carbocycles. The van der Waals surface area contributed by atoms with Crippen LogP contribution in [0.3, 0.4) is 0 Å². The Kier molecular flexibility index (Phi) is 4.61. The van der Waals surface area contributed by atoms with Crippen LogP contribution in [-0.4, -0.2) is 32.0 Å². The molecule has 4 nitrogen and oxygen atoms in total. The van der Waals surface area contributed by atoms with Gasteiger partial charge in [0, 0.05) is 0 Å². The Bertz CT molecular complexity index is 1700. The predicted octanol–water partition coefficient (Wildman–Crippen LogP) is 7.06. The number of allylic oxidation sites excluding steroid dienone is 1. The molecule has 0 N–H and O–H groups in total. The Labute approximate surface area is 218 Å². The van der Waals surface area contributed by atoms with Gasteiger partial charge in [-0.05, 0) is 0 Å². The van der Waals surface area contributed by atoms with Crippen LogP contribution in [0, 0.1) is 0 Å². The second-order valence-electron chi connectivity index (χ2n) is 9.75. The van der Waals surface area contributed by atoms with E-state index >= 15 is 0 Å². The Morgan fingerprint density at radius 3 is 2.36 bits per heavy atom. The van der Waals surface area contributed by atoms with E-state index in [0.717, 1.165) is 22.3 Å². The molecule has 0 spiro atoms. The average molecular weight is 583 g/mol. The van der Waals surface area contributed by atoms with Crippen LogP contribution in [0.15, 0.2) is 92.9 Å². The van der Waals surface area contributed by atoms with E-state index in [-0.39, 0.29) is 22.6 Å². The zero-order valence-electron chi connectivity index (χ0n) is 19.7. The summed E-state index contributed by atoms with van der Waals surface area (Å²) >= 11 is -0.417. The molecule has 7 rings (SSSR count). The fourth-order valence-electron chi connectivity index (χ4n) is 5.42. The summed E-state index contributed by atoms with van der Waals surface area (Å²) in [5.74, 6) is 0.777. The van der Waals surface area contributed by atoms with Crippen LogP contribution in [0.4, 0.5) is 17.3 Å². The minimum atomic E-state index is -0.417. The van der Waals surface area contributed by atoms with Gasteiger partial charge in [0.25, 0.3) is 0 Å². The van der Waals surface area contributed by atoms with Gasteiger partial charge in [0.05, 0.1) is 0 Å². The molecule has 0 saturated heterocycles. The zero-order valence-corrected chi connectivity index (χ0v) is 22.1. The molecule has 174 valence electrons. The van der Waals surface area contributed by atoms with Crippen molar-refractivity contribution in [2.24, 2.45) is 0 Å². The molecule has 0 amide bonds. The van der Waals surface area contributed by atoms with Crippen molar-refractivity contribution in [3.05, 3.63) is 117 Å². The number of ketones is 2. The zero-order chi connectivity index (χ0) is 24.6. The number of carbonyl (C=O) groups is 2. The van der Waals surface area contributed by atoms with Gasteiger partial charge in [-0.2, -0.15) is 0 Å². The number of nitrogens with zero attached hydrogens (tertiary/aromatic N) is 1. The van der Waals surface area contributed by atoms with E-state index in [1.165, 1.54) is 8.97 Å². The fraction of sp³-hybridized carbons (Fsp3) is 0.0968. The summed E-state index contributed by atoms with van der Waals surface area (Å²) in [5, 5.41) is 1.07. The summed E-state index contributed by atoms with van der Waals surface area (Å²) in [6, 6.07) is 26.3. The molecule has 0 saturated carbocycles. The standard InChI is InChI=1S/C31H21NO3Te/c1-31(2)24-10-6-7-11-26(24)32(19-8-4-3-5-9-19)30-25(31)16-20(35-30)15-23-28(33)21-14-18-12-13-36-27(18)17-22(21)29(23)34/h3-17H,1-2H3/b23-15-. The molecule has 36 heavy (non-hydrogen) atoms. The third-order valence-electron chi connectivity index (χ3n) is 7.30. The van der Waals surface area contributed by atoms with Crippen LogP contribution in [0.5, 0.6) is 0 Å². The van der Waals surface area contributed by atoms with E-state index < -0.39 is 20.4 Å². The number of hydrogen-bond acceptors (Lipinski definition) is 4. The number of furan rings is 1. The quantitative estimate of drug-likeness (QED) is 0.127. The van der Waals surface area contributed by atoms with Crippen LogP contribution in [0.1, 0.15) is 51.5 Å². The van der Waals surface area contributed by atoms with E-state index in [2.05, 4.69) is 59.2 Å². The first-order valence-corrected chi connectivity index (χ1v) is 14.4. The van der Waals surface area contributed by atoms with Gasteiger partial charge in [-0.1, -0.05) is 30.3 Å². The molecule has 2 aromatic heterocycles. The van der Waals surface area contributed by atoms with Crippen LogP contribution in [-0.2, 0) is 5.41 Å². The van der Waals surface area contributed by atoms with E-state index in [0.29, 0.717) is 22.8 Å². The molecule has 0 atom stereocenters. The number of para-hydroxylation sites is 2. The fourth-order valence-corrected chi connectivity index (χ4v) is 7.73. The third-order valence-corrected chi connectivity index (χ3v) is 9.81. The minimum absolute atomic E-state index is 0.172. The maximum absolute atomic E-state index is 13.3. The van der Waals surface area contributed by atoms with E-state index in [1.807, 2.05) is 42.5 Å². The molecular weight excluding hydrogens is 562 g/mol. The number of carbonyl (C=O) groups excluding carboxylic acids is 2. The topological polar surface area (TPSA) is 50.5 Å². The molecule has 2 aliphatic rings. The molecule has 5 aromatic rings. The first-order chi connectivity index (χ1) is 17.4. The van der Waals surface area contributed by atoms with Gasteiger partial charge >= 0.3 is 188 Å². The average Bonchev–Trinajstić information content (AvgIpc) is 3.58. The number of Topliss-reactive ketones (excluding diaryl/α,β-unsaturated/α-hetero) is 2. The van der Waals surface area contributed by atoms with Gasteiger partial charge in [-0.3, -0.25) is 0 Å². The second-order valence-corrected chi connectivity index (χ2v) is 12.5. The van der Waals surface area contributed by atoms with Gasteiger partial charge in [-0.15, -0.1) is 0 Å². The Morgan fingerprint density at radius 1 is 0.833 bits per heavy atom. The molecule has 1 aliphatic heterocycles.